The molecule has 4 rings (SSSR count). The molecule has 0 bridgehead atoms. The lowest BCUT2D eigenvalue weighted by Crippen LogP contribution is -2.49. The second kappa shape index (κ2) is 9.30. The highest BCUT2D eigenvalue weighted by Crippen LogP contribution is 2.19. The molecule has 2 aromatic carbocycles. The van der Waals surface area contributed by atoms with Crippen molar-refractivity contribution in [3.05, 3.63) is 84.1 Å². The van der Waals surface area contributed by atoms with Crippen molar-refractivity contribution in [2.24, 2.45) is 0 Å². The van der Waals surface area contributed by atoms with Crippen molar-refractivity contribution < 1.29 is 14.3 Å². The first-order valence-corrected chi connectivity index (χ1v) is 10.1. The Hall–Kier alpha value is -3.87. The maximum absolute atomic E-state index is 12.8. The maximum Gasteiger partial charge on any atom is 0.255 e. The van der Waals surface area contributed by atoms with Crippen molar-refractivity contribution in [3.63, 3.8) is 0 Å². The van der Waals surface area contributed by atoms with Crippen molar-refractivity contribution in [2.75, 3.05) is 43.5 Å². The Morgan fingerprint density at radius 2 is 1.65 bits per heavy atom. The minimum atomic E-state index is -0.167. The molecule has 1 aliphatic rings. The lowest BCUT2D eigenvalue weighted by Gasteiger charge is -2.35. The van der Waals surface area contributed by atoms with Gasteiger partial charge >= 0.3 is 0 Å². The molecule has 0 radical (unpaired) electrons. The van der Waals surface area contributed by atoms with Crippen LogP contribution in [0, 0.1) is 0 Å². The van der Waals surface area contributed by atoms with Crippen LogP contribution in [0.3, 0.4) is 0 Å². The number of amides is 2. The second-order valence-electron chi connectivity index (χ2n) is 7.24. The molecule has 0 spiro atoms. The topological polar surface area (TPSA) is 74.8 Å². The largest absolute Gasteiger partial charge is 0.497 e. The fraction of sp³-hybridized carbons (Fsp3) is 0.208. The lowest BCUT2D eigenvalue weighted by atomic mass is 10.1. The smallest absolute Gasteiger partial charge is 0.255 e. The number of methoxy groups -OCH3 is 1. The van der Waals surface area contributed by atoms with E-state index in [1.165, 1.54) is 0 Å². The zero-order valence-electron chi connectivity index (χ0n) is 17.3. The summed E-state index contributed by atoms with van der Waals surface area (Å²) in [5.41, 5.74) is 1.87. The number of aromatic nitrogens is 1. The molecule has 0 saturated carbocycles. The predicted octanol–water partition coefficient (Wildman–Crippen LogP) is 3.30. The Balaban J connectivity index is 1.33. The fourth-order valence-electron chi connectivity index (χ4n) is 3.52. The SMILES string of the molecule is COc1cccc(C(=O)N2CCN(c3ccc(NC(=O)c4ccccc4)cn3)CC2)c1. The van der Waals surface area contributed by atoms with Crippen LogP contribution in [0.25, 0.3) is 0 Å². The van der Waals surface area contributed by atoms with E-state index in [1.807, 2.05) is 47.4 Å². The summed E-state index contributed by atoms with van der Waals surface area (Å²) in [7, 11) is 1.59. The summed E-state index contributed by atoms with van der Waals surface area (Å²) in [6.07, 6.45) is 1.66. The molecular formula is C24H24N4O3. The van der Waals surface area contributed by atoms with Gasteiger partial charge < -0.3 is 19.9 Å². The first-order chi connectivity index (χ1) is 15.1. The Labute approximate surface area is 181 Å². The van der Waals surface area contributed by atoms with Gasteiger partial charge in [0.1, 0.15) is 11.6 Å². The van der Waals surface area contributed by atoms with Crippen LogP contribution >= 0.6 is 0 Å². The van der Waals surface area contributed by atoms with Crippen LogP contribution in [0.2, 0.25) is 0 Å². The summed E-state index contributed by atoms with van der Waals surface area (Å²) >= 11 is 0. The van der Waals surface area contributed by atoms with Crippen molar-refractivity contribution >= 4 is 23.3 Å². The highest BCUT2D eigenvalue weighted by molar-refractivity contribution is 6.04. The van der Waals surface area contributed by atoms with Crippen LogP contribution in [0.5, 0.6) is 5.75 Å². The number of carbonyl (C=O) groups is 2. The third-order valence-electron chi connectivity index (χ3n) is 5.25. The Morgan fingerprint density at radius 3 is 2.32 bits per heavy atom. The van der Waals surface area contributed by atoms with Crippen LogP contribution in [0.15, 0.2) is 72.9 Å². The van der Waals surface area contributed by atoms with Crippen LogP contribution in [0.4, 0.5) is 11.5 Å². The van der Waals surface area contributed by atoms with Crippen molar-refractivity contribution in [2.45, 2.75) is 0 Å². The summed E-state index contributed by atoms with van der Waals surface area (Å²) in [5, 5.41) is 2.85. The first-order valence-electron chi connectivity index (χ1n) is 10.1. The number of anilines is 2. The summed E-state index contributed by atoms with van der Waals surface area (Å²) in [5.74, 6) is 1.34. The van der Waals surface area contributed by atoms with Gasteiger partial charge in [-0.05, 0) is 42.5 Å². The molecule has 1 N–H and O–H groups in total. The van der Waals surface area contributed by atoms with Gasteiger partial charge in [0.15, 0.2) is 0 Å². The van der Waals surface area contributed by atoms with E-state index in [2.05, 4.69) is 15.2 Å². The van der Waals surface area contributed by atoms with Gasteiger partial charge in [-0.3, -0.25) is 9.59 Å². The molecule has 0 atom stereocenters. The molecule has 0 unspecified atom stereocenters. The average Bonchev–Trinajstić information content (AvgIpc) is 2.85. The van der Waals surface area contributed by atoms with Gasteiger partial charge in [0.2, 0.25) is 0 Å². The molecule has 1 fully saturated rings. The highest BCUT2D eigenvalue weighted by Gasteiger charge is 2.23. The van der Waals surface area contributed by atoms with Crippen LogP contribution < -0.4 is 15.0 Å². The van der Waals surface area contributed by atoms with Gasteiger partial charge in [-0.2, -0.15) is 0 Å². The summed E-state index contributed by atoms with van der Waals surface area (Å²) in [6, 6.07) is 20.0. The molecule has 3 aromatic rings. The summed E-state index contributed by atoms with van der Waals surface area (Å²) < 4.78 is 5.21. The third kappa shape index (κ3) is 4.83. The molecule has 1 aromatic heterocycles. The van der Waals surface area contributed by atoms with Crippen LogP contribution in [0.1, 0.15) is 20.7 Å². The van der Waals surface area contributed by atoms with Gasteiger partial charge in [-0.25, -0.2) is 4.98 Å². The number of ether oxygens (including phenoxy) is 1. The van der Waals surface area contributed by atoms with E-state index in [0.717, 1.165) is 5.82 Å². The quantitative estimate of drug-likeness (QED) is 0.691. The average molecular weight is 416 g/mol. The van der Waals surface area contributed by atoms with E-state index in [1.54, 1.807) is 37.6 Å². The second-order valence-corrected chi connectivity index (χ2v) is 7.24. The molecule has 0 aliphatic carbocycles. The summed E-state index contributed by atoms with van der Waals surface area (Å²) in [6.45, 7) is 2.62. The minimum absolute atomic E-state index is 0.00508. The number of carbonyl (C=O) groups excluding carboxylic acids is 2. The fourth-order valence-corrected chi connectivity index (χ4v) is 3.52. The van der Waals surface area contributed by atoms with E-state index in [0.29, 0.717) is 48.7 Å². The molecule has 7 nitrogen and oxygen atoms in total. The van der Waals surface area contributed by atoms with Gasteiger partial charge in [0.05, 0.1) is 19.0 Å². The molecule has 2 amide bonds. The zero-order valence-corrected chi connectivity index (χ0v) is 17.3. The number of pyridine rings is 1. The monoisotopic (exact) mass is 416 g/mol. The zero-order chi connectivity index (χ0) is 21.6. The number of nitrogens with zero attached hydrogens (tertiary/aromatic N) is 3. The highest BCUT2D eigenvalue weighted by atomic mass is 16.5. The molecule has 31 heavy (non-hydrogen) atoms. The number of hydrogen-bond acceptors (Lipinski definition) is 5. The first kappa shape index (κ1) is 20.4. The van der Waals surface area contributed by atoms with Gasteiger partial charge in [-0.15, -0.1) is 0 Å². The van der Waals surface area contributed by atoms with E-state index >= 15 is 0 Å². The van der Waals surface area contributed by atoms with E-state index in [4.69, 9.17) is 4.74 Å². The van der Waals surface area contributed by atoms with E-state index in [9.17, 15) is 9.59 Å². The molecule has 158 valence electrons. The predicted molar refractivity (Wildman–Crippen MR) is 120 cm³/mol. The van der Waals surface area contributed by atoms with Crippen LogP contribution in [-0.4, -0.2) is 55.0 Å². The maximum atomic E-state index is 12.8. The minimum Gasteiger partial charge on any atom is -0.497 e. The van der Waals surface area contributed by atoms with Gasteiger partial charge in [0.25, 0.3) is 11.8 Å². The van der Waals surface area contributed by atoms with E-state index < -0.39 is 0 Å². The Kier molecular flexibility index (Phi) is 6.12. The van der Waals surface area contributed by atoms with E-state index in [-0.39, 0.29) is 11.8 Å². The third-order valence-corrected chi connectivity index (χ3v) is 5.25. The normalized spacial score (nSPS) is 13.6. The molecule has 1 saturated heterocycles. The number of nitrogens with one attached hydrogen (secondary N) is 1. The van der Waals surface area contributed by atoms with Crippen molar-refractivity contribution in [3.8, 4) is 5.75 Å². The molecule has 2 heterocycles. The molecular weight excluding hydrogens is 392 g/mol. The molecule has 7 heteroatoms. The number of piperazine rings is 1. The van der Waals surface area contributed by atoms with Crippen molar-refractivity contribution in [1.82, 2.24) is 9.88 Å². The Bertz CT molecular complexity index is 1050. The van der Waals surface area contributed by atoms with Gasteiger partial charge in [0, 0.05) is 37.3 Å². The van der Waals surface area contributed by atoms with Crippen LogP contribution in [-0.2, 0) is 0 Å². The molecule has 1 aliphatic heterocycles. The standard InChI is InChI=1S/C24H24N4O3/c1-31-21-9-5-8-19(16-21)24(30)28-14-12-27(13-15-28)22-11-10-20(17-25-22)26-23(29)18-6-3-2-4-7-18/h2-11,16-17H,12-15H2,1H3,(H,26,29). The van der Waals surface area contributed by atoms with Crippen molar-refractivity contribution in [1.29, 1.82) is 0 Å². The Morgan fingerprint density at radius 1 is 0.903 bits per heavy atom. The lowest BCUT2D eigenvalue weighted by molar-refractivity contribution is 0.0746. The number of hydrogen-bond donors (Lipinski definition) is 1. The number of rotatable bonds is 5. The number of benzene rings is 2. The summed E-state index contributed by atoms with van der Waals surface area (Å²) in [4.78, 5) is 33.5. The van der Waals surface area contributed by atoms with Gasteiger partial charge in [-0.1, -0.05) is 24.3 Å².